The molecule has 0 bridgehead atoms. The Hall–Kier alpha value is -2.18. The van der Waals surface area contributed by atoms with E-state index in [1.54, 1.807) is 29.6 Å². The Balaban J connectivity index is 1.60. The Morgan fingerprint density at radius 2 is 2.18 bits per heavy atom. The Morgan fingerprint density at radius 3 is 2.91 bits per heavy atom. The summed E-state index contributed by atoms with van der Waals surface area (Å²) < 4.78 is 3.91. The standard InChI is InChI=1S/C15H22N6O/c1-12(20-8-7-16-10-20)15(22)17-9-14-19-18-11-21(14)13-5-3-2-4-6-13/h7-8,10-13H,2-6,9H2,1H3,(H,17,22). The summed E-state index contributed by atoms with van der Waals surface area (Å²) in [6.07, 6.45) is 13.1. The zero-order chi connectivity index (χ0) is 15.4. The zero-order valence-electron chi connectivity index (χ0n) is 12.9. The smallest absolute Gasteiger partial charge is 0.243 e. The number of imidazole rings is 1. The van der Waals surface area contributed by atoms with Crippen LogP contribution in [0.15, 0.2) is 25.0 Å². The summed E-state index contributed by atoms with van der Waals surface area (Å²) >= 11 is 0. The second-order valence-electron chi connectivity index (χ2n) is 5.85. The molecule has 0 aliphatic heterocycles. The molecule has 1 amide bonds. The molecule has 22 heavy (non-hydrogen) atoms. The lowest BCUT2D eigenvalue weighted by atomic mass is 9.95. The molecule has 1 aliphatic rings. The minimum absolute atomic E-state index is 0.0452. The van der Waals surface area contributed by atoms with Gasteiger partial charge in [-0.15, -0.1) is 10.2 Å². The number of nitrogens with zero attached hydrogens (tertiary/aromatic N) is 5. The second-order valence-corrected chi connectivity index (χ2v) is 5.85. The Bertz CT molecular complexity index is 599. The predicted molar refractivity (Wildman–Crippen MR) is 80.9 cm³/mol. The normalized spacial score (nSPS) is 17.3. The zero-order valence-corrected chi connectivity index (χ0v) is 12.9. The van der Waals surface area contributed by atoms with E-state index in [0.717, 1.165) is 5.82 Å². The number of hydrogen-bond acceptors (Lipinski definition) is 4. The van der Waals surface area contributed by atoms with Gasteiger partial charge in [0.1, 0.15) is 12.4 Å². The molecule has 0 saturated heterocycles. The van der Waals surface area contributed by atoms with E-state index in [2.05, 4.69) is 25.1 Å². The number of nitrogens with one attached hydrogen (secondary N) is 1. The molecule has 0 spiro atoms. The Kier molecular flexibility index (Phi) is 4.50. The lowest BCUT2D eigenvalue weighted by Gasteiger charge is -2.24. The third-order valence-corrected chi connectivity index (χ3v) is 4.39. The lowest BCUT2D eigenvalue weighted by molar-refractivity contribution is -0.124. The van der Waals surface area contributed by atoms with E-state index in [4.69, 9.17) is 0 Å². The van der Waals surface area contributed by atoms with Crippen molar-refractivity contribution in [2.75, 3.05) is 0 Å². The Morgan fingerprint density at radius 1 is 1.36 bits per heavy atom. The first-order valence-corrected chi connectivity index (χ1v) is 7.89. The fourth-order valence-corrected chi connectivity index (χ4v) is 3.01. The van der Waals surface area contributed by atoms with E-state index >= 15 is 0 Å². The van der Waals surface area contributed by atoms with Crippen molar-refractivity contribution in [1.29, 1.82) is 0 Å². The van der Waals surface area contributed by atoms with E-state index in [0.29, 0.717) is 12.6 Å². The summed E-state index contributed by atoms with van der Waals surface area (Å²) in [4.78, 5) is 16.2. The highest BCUT2D eigenvalue weighted by molar-refractivity contribution is 5.79. The molecule has 1 saturated carbocycles. The number of rotatable bonds is 5. The molecule has 1 fully saturated rings. The SMILES string of the molecule is CC(C(=O)NCc1nncn1C1CCCCC1)n1ccnc1. The molecule has 7 nitrogen and oxygen atoms in total. The van der Waals surface area contributed by atoms with Gasteiger partial charge in [-0.05, 0) is 19.8 Å². The first-order chi connectivity index (χ1) is 10.8. The number of amides is 1. The average Bonchev–Trinajstić information content (AvgIpc) is 3.24. The van der Waals surface area contributed by atoms with Crippen LogP contribution in [0.25, 0.3) is 0 Å². The summed E-state index contributed by atoms with van der Waals surface area (Å²) in [5, 5.41) is 11.1. The molecular weight excluding hydrogens is 280 g/mol. The molecule has 7 heteroatoms. The van der Waals surface area contributed by atoms with Crippen LogP contribution in [0, 0.1) is 0 Å². The second kappa shape index (κ2) is 6.72. The van der Waals surface area contributed by atoms with Crippen LogP contribution < -0.4 is 5.32 Å². The van der Waals surface area contributed by atoms with E-state index in [-0.39, 0.29) is 11.9 Å². The van der Waals surface area contributed by atoms with Crippen LogP contribution in [0.2, 0.25) is 0 Å². The first-order valence-electron chi connectivity index (χ1n) is 7.89. The summed E-state index contributed by atoms with van der Waals surface area (Å²) in [5.41, 5.74) is 0. The molecule has 0 aromatic carbocycles. The third-order valence-electron chi connectivity index (χ3n) is 4.39. The van der Waals surface area contributed by atoms with E-state index in [1.807, 2.05) is 6.92 Å². The third kappa shape index (κ3) is 3.18. The summed E-state index contributed by atoms with van der Waals surface area (Å²) in [7, 11) is 0. The van der Waals surface area contributed by atoms with Gasteiger partial charge in [-0.1, -0.05) is 19.3 Å². The largest absolute Gasteiger partial charge is 0.347 e. The molecule has 2 aromatic rings. The maximum Gasteiger partial charge on any atom is 0.243 e. The highest BCUT2D eigenvalue weighted by Crippen LogP contribution is 2.28. The van der Waals surface area contributed by atoms with Crippen LogP contribution in [0.1, 0.15) is 56.9 Å². The Labute approximate surface area is 129 Å². The van der Waals surface area contributed by atoms with Crippen molar-refractivity contribution in [3.05, 3.63) is 30.9 Å². The number of carbonyl (C=O) groups is 1. The maximum absolute atomic E-state index is 12.2. The average molecular weight is 302 g/mol. The van der Waals surface area contributed by atoms with E-state index in [1.165, 1.54) is 32.1 Å². The van der Waals surface area contributed by atoms with Crippen molar-refractivity contribution >= 4 is 5.91 Å². The van der Waals surface area contributed by atoms with Crippen LogP contribution in [0.4, 0.5) is 0 Å². The molecule has 2 heterocycles. The van der Waals surface area contributed by atoms with Gasteiger partial charge in [0.05, 0.1) is 12.9 Å². The van der Waals surface area contributed by atoms with Gasteiger partial charge < -0.3 is 14.5 Å². The molecule has 0 radical (unpaired) electrons. The molecule has 1 N–H and O–H groups in total. The van der Waals surface area contributed by atoms with Crippen LogP contribution in [-0.4, -0.2) is 30.2 Å². The van der Waals surface area contributed by atoms with Crippen LogP contribution in [-0.2, 0) is 11.3 Å². The highest BCUT2D eigenvalue weighted by Gasteiger charge is 2.20. The monoisotopic (exact) mass is 302 g/mol. The van der Waals surface area contributed by atoms with Crippen LogP contribution in [0.3, 0.4) is 0 Å². The van der Waals surface area contributed by atoms with E-state index < -0.39 is 0 Å². The van der Waals surface area contributed by atoms with Gasteiger partial charge >= 0.3 is 0 Å². The number of aromatic nitrogens is 5. The van der Waals surface area contributed by atoms with E-state index in [9.17, 15) is 4.79 Å². The van der Waals surface area contributed by atoms with Gasteiger partial charge in [0.25, 0.3) is 0 Å². The first kappa shape index (κ1) is 14.7. The minimum atomic E-state index is -0.284. The highest BCUT2D eigenvalue weighted by atomic mass is 16.2. The quantitative estimate of drug-likeness (QED) is 0.914. The van der Waals surface area contributed by atoms with Crippen molar-refractivity contribution in [2.45, 2.75) is 57.7 Å². The molecule has 1 atom stereocenters. The van der Waals surface area contributed by atoms with Gasteiger partial charge in [0.2, 0.25) is 5.91 Å². The fraction of sp³-hybridized carbons (Fsp3) is 0.600. The van der Waals surface area contributed by atoms with Crippen LogP contribution in [0.5, 0.6) is 0 Å². The molecule has 1 aliphatic carbocycles. The maximum atomic E-state index is 12.2. The number of carbonyl (C=O) groups excluding carboxylic acids is 1. The lowest BCUT2D eigenvalue weighted by Crippen LogP contribution is -2.31. The molecule has 1 unspecified atom stereocenters. The van der Waals surface area contributed by atoms with Gasteiger partial charge in [-0.3, -0.25) is 4.79 Å². The summed E-state index contributed by atoms with van der Waals surface area (Å²) in [6.45, 7) is 2.26. The minimum Gasteiger partial charge on any atom is -0.347 e. The van der Waals surface area contributed by atoms with Gasteiger partial charge in [-0.25, -0.2) is 4.98 Å². The van der Waals surface area contributed by atoms with Crippen LogP contribution >= 0.6 is 0 Å². The summed E-state index contributed by atoms with van der Waals surface area (Å²) in [6, 6.07) is 0.190. The molecule has 2 aromatic heterocycles. The van der Waals surface area contributed by atoms with Crippen molar-refractivity contribution < 1.29 is 4.79 Å². The van der Waals surface area contributed by atoms with Gasteiger partial charge in [-0.2, -0.15) is 0 Å². The van der Waals surface area contributed by atoms with Crippen molar-refractivity contribution in [2.24, 2.45) is 0 Å². The topological polar surface area (TPSA) is 77.6 Å². The molecular formula is C15H22N6O. The fourth-order valence-electron chi connectivity index (χ4n) is 3.01. The summed E-state index contributed by atoms with van der Waals surface area (Å²) in [5.74, 6) is 0.786. The molecule has 3 rings (SSSR count). The molecule has 118 valence electrons. The van der Waals surface area contributed by atoms with Gasteiger partial charge in [0.15, 0.2) is 5.82 Å². The van der Waals surface area contributed by atoms with Crippen molar-refractivity contribution in [3.63, 3.8) is 0 Å². The van der Waals surface area contributed by atoms with Gasteiger partial charge in [0, 0.05) is 18.4 Å². The predicted octanol–water partition coefficient (Wildman–Crippen LogP) is 1.86. The van der Waals surface area contributed by atoms with Crippen molar-refractivity contribution in [1.82, 2.24) is 29.6 Å². The van der Waals surface area contributed by atoms with Crippen molar-refractivity contribution in [3.8, 4) is 0 Å². The number of hydrogen-bond donors (Lipinski definition) is 1.